The van der Waals surface area contributed by atoms with Crippen molar-refractivity contribution < 1.29 is 9.18 Å². The molecule has 26 heavy (non-hydrogen) atoms. The molecule has 0 aliphatic heterocycles. The molecule has 1 amide bonds. The van der Waals surface area contributed by atoms with Crippen molar-refractivity contribution in [2.75, 3.05) is 11.1 Å². The monoisotopic (exact) mass is 384 g/mol. The molecule has 0 fully saturated rings. The summed E-state index contributed by atoms with van der Waals surface area (Å²) in [6.45, 7) is 0. The van der Waals surface area contributed by atoms with E-state index in [9.17, 15) is 9.18 Å². The predicted molar refractivity (Wildman–Crippen MR) is 106 cm³/mol. The number of hydrogen-bond donors (Lipinski definition) is 1. The fraction of sp³-hybridized carbons (Fsp3) is 0.100. The Morgan fingerprint density at radius 3 is 2.35 bits per heavy atom. The summed E-state index contributed by atoms with van der Waals surface area (Å²) in [6.07, 6.45) is 3.63. The molecule has 0 radical (unpaired) electrons. The van der Waals surface area contributed by atoms with Crippen molar-refractivity contribution in [1.29, 1.82) is 0 Å². The molecule has 0 saturated heterocycles. The van der Waals surface area contributed by atoms with Crippen LogP contribution in [0.15, 0.2) is 82.8 Å². The SMILES string of the molecule is O=C(CSc1ccc(F)cc1)Nc1ccc(SCc2cccnc2)cc1. The van der Waals surface area contributed by atoms with E-state index in [-0.39, 0.29) is 17.5 Å². The lowest BCUT2D eigenvalue weighted by Gasteiger charge is -2.07. The first-order valence-corrected chi connectivity index (χ1v) is 9.96. The zero-order valence-electron chi connectivity index (χ0n) is 13.9. The molecule has 2 aromatic carbocycles. The number of carbonyl (C=O) groups excluding carboxylic acids is 1. The number of anilines is 1. The van der Waals surface area contributed by atoms with E-state index >= 15 is 0 Å². The van der Waals surface area contributed by atoms with Gasteiger partial charge in [0.15, 0.2) is 0 Å². The first-order valence-electron chi connectivity index (χ1n) is 7.99. The van der Waals surface area contributed by atoms with Crippen LogP contribution >= 0.6 is 23.5 Å². The van der Waals surface area contributed by atoms with Gasteiger partial charge in [0, 0.05) is 33.6 Å². The van der Waals surface area contributed by atoms with Crippen LogP contribution in [0.3, 0.4) is 0 Å². The number of nitrogens with zero attached hydrogens (tertiary/aromatic N) is 1. The van der Waals surface area contributed by atoms with Gasteiger partial charge >= 0.3 is 0 Å². The van der Waals surface area contributed by atoms with Crippen LogP contribution in [0.25, 0.3) is 0 Å². The van der Waals surface area contributed by atoms with Crippen molar-refractivity contribution >= 4 is 35.1 Å². The number of carbonyl (C=O) groups is 1. The lowest BCUT2D eigenvalue weighted by atomic mass is 10.3. The highest BCUT2D eigenvalue weighted by Crippen LogP contribution is 2.24. The summed E-state index contributed by atoms with van der Waals surface area (Å²) in [6, 6.07) is 17.9. The molecule has 0 spiro atoms. The van der Waals surface area contributed by atoms with Crippen LogP contribution < -0.4 is 5.32 Å². The van der Waals surface area contributed by atoms with Gasteiger partial charge in [-0.15, -0.1) is 23.5 Å². The van der Waals surface area contributed by atoms with Crippen LogP contribution in [0.5, 0.6) is 0 Å². The van der Waals surface area contributed by atoms with E-state index in [1.165, 1.54) is 29.5 Å². The molecule has 0 unspecified atom stereocenters. The van der Waals surface area contributed by atoms with Gasteiger partial charge < -0.3 is 5.32 Å². The molecular weight excluding hydrogens is 367 g/mol. The number of aromatic nitrogens is 1. The molecule has 0 aliphatic carbocycles. The van der Waals surface area contributed by atoms with E-state index < -0.39 is 0 Å². The average molecular weight is 385 g/mol. The van der Waals surface area contributed by atoms with Crippen LogP contribution in [0, 0.1) is 5.82 Å². The van der Waals surface area contributed by atoms with Crippen molar-refractivity contribution in [3.05, 3.63) is 84.4 Å². The first kappa shape index (κ1) is 18.5. The Kier molecular flexibility index (Phi) is 6.68. The number of thioether (sulfide) groups is 2. The molecule has 132 valence electrons. The molecule has 0 bridgehead atoms. The van der Waals surface area contributed by atoms with Crippen molar-refractivity contribution in [2.45, 2.75) is 15.5 Å². The van der Waals surface area contributed by atoms with Crippen LogP contribution in [0.4, 0.5) is 10.1 Å². The largest absolute Gasteiger partial charge is 0.325 e. The Bertz CT molecular complexity index is 840. The van der Waals surface area contributed by atoms with E-state index in [1.54, 1.807) is 30.1 Å². The number of nitrogens with one attached hydrogen (secondary N) is 1. The van der Waals surface area contributed by atoms with E-state index in [1.807, 2.05) is 42.6 Å². The van der Waals surface area contributed by atoms with E-state index in [0.29, 0.717) is 0 Å². The minimum Gasteiger partial charge on any atom is -0.325 e. The smallest absolute Gasteiger partial charge is 0.234 e. The summed E-state index contributed by atoms with van der Waals surface area (Å²) in [4.78, 5) is 18.1. The molecule has 3 aromatic rings. The second-order valence-corrected chi connectivity index (χ2v) is 7.56. The average Bonchev–Trinajstić information content (AvgIpc) is 2.68. The van der Waals surface area contributed by atoms with Gasteiger partial charge in [0.05, 0.1) is 5.75 Å². The van der Waals surface area contributed by atoms with Gasteiger partial charge in [-0.3, -0.25) is 9.78 Å². The lowest BCUT2D eigenvalue weighted by Crippen LogP contribution is -2.13. The second-order valence-electron chi connectivity index (χ2n) is 5.47. The van der Waals surface area contributed by atoms with Gasteiger partial charge in [-0.1, -0.05) is 6.07 Å². The standard InChI is InChI=1S/C20H17FN2OS2/c21-16-3-7-18(8-4-16)26-14-20(24)23-17-5-9-19(10-6-17)25-13-15-2-1-11-22-12-15/h1-12H,13-14H2,(H,23,24). The van der Waals surface area contributed by atoms with Crippen molar-refractivity contribution in [3.63, 3.8) is 0 Å². The van der Waals surface area contributed by atoms with Crippen molar-refractivity contribution in [1.82, 2.24) is 4.98 Å². The maximum Gasteiger partial charge on any atom is 0.234 e. The highest BCUT2D eigenvalue weighted by atomic mass is 32.2. The molecule has 6 heteroatoms. The molecular formula is C20H17FN2OS2. The Hall–Kier alpha value is -2.31. The van der Waals surface area contributed by atoms with Crippen molar-refractivity contribution in [2.24, 2.45) is 0 Å². The minimum atomic E-state index is -0.278. The molecule has 3 nitrogen and oxygen atoms in total. The summed E-state index contributed by atoms with van der Waals surface area (Å²) in [5.74, 6) is 0.771. The van der Waals surface area contributed by atoms with Crippen LogP contribution in [0.1, 0.15) is 5.56 Å². The summed E-state index contributed by atoms with van der Waals surface area (Å²) in [5, 5.41) is 2.87. The van der Waals surface area contributed by atoms with Gasteiger partial charge in [0.2, 0.25) is 5.91 Å². The van der Waals surface area contributed by atoms with Crippen molar-refractivity contribution in [3.8, 4) is 0 Å². The Balaban J connectivity index is 1.45. The van der Waals surface area contributed by atoms with Crippen LogP contribution in [-0.2, 0) is 10.5 Å². The number of halogens is 1. The number of benzene rings is 2. The molecule has 3 rings (SSSR count). The fourth-order valence-corrected chi connectivity index (χ4v) is 3.69. The maximum absolute atomic E-state index is 12.9. The highest BCUT2D eigenvalue weighted by molar-refractivity contribution is 8.00. The molecule has 1 aromatic heterocycles. The number of pyridine rings is 1. The molecule has 0 saturated carbocycles. The zero-order chi connectivity index (χ0) is 18.2. The molecule has 0 atom stereocenters. The Morgan fingerprint density at radius 1 is 0.962 bits per heavy atom. The third-order valence-electron chi connectivity index (χ3n) is 3.45. The van der Waals surface area contributed by atoms with Gasteiger partial charge in [0.25, 0.3) is 0 Å². The second kappa shape index (κ2) is 9.40. The molecule has 1 N–H and O–H groups in total. The Labute approximate surface area is 160 Å². The quantitative estimate of drug-likeness (QED) is 0.566. The highest BCUT2D eigenvalue weighted by Gasteiger charge is 2.05. The van der Waals surface area contributed by atoms with E-state index in [2.05, 4.69) is 10.3 Å². The van der Waals surface area contributed by atoms with E-state index in [4.69, 9.17) is 0 Å². The topological polar surface area (TPSA) is 42.0 Å². The predicted octanol–water partition coefficient (Wildman–Crippen LogP) is 5.24. The van der Waals surface area contributed by atoms with Gasteiger partial charge in [-0.05, 0) is 60.2 Å². The summed E-state index contributed by atoms with van der Waals surface area (Å²) >= 11 is 3.10. The van der Waals surface area contributed by atoms with Crippen LogP contribution in [-0.4, -0.2) is 16.6 Å². The number of rotatable bonds is 7. The fourth-order valence-electron chi connectivity index (χ4n) is 2.16. The maximum atomic E-state index is 12.9. The zero-order valence-corrected chi connectivity index (χ0v) is 15.5. The van der Waals surface area contributed by atoms with Gasteiger partial charge in [-0.2, -0.15) is 0 Å². The number of hydrogen-bond acceptors (Lipinski definition) is 4. The summed E-state index contributed by atoms with van der Waals surface area (Å²) in [5.41, 5.74) is 1.94. The minimum absolute atomic E-state index is 0.0879. The Morgan fingerprint density at radius 2 is 1.65 bits per heavy atom. The van der Waals surface area contributed by atoms with Gasteiger partial charge in [0.1, 0.15) is 5.82 Å². The normalized spacial score (nSPS) is 10.5. The van der Waals surface area contributed by atoms with E-state index in [0.717, 1.165) is 21.2 Å². The molecule has 1 heterocycles. The van der Waals surface area contributed by atoms with Crippen LogP contribution in [0.2, 0.25) is 0 Å². The van der Waals surface area contributed by atoms with Gasteiger partial charge in [-0.25, -0.2) is 4.39 Å². The lowest BCUT2D eigenvalue weighted by molar-refractivity contribution is -0.113. The summed E-state index contributed by atoms with van der Waals surface area (Å²) < 4.78 is 12.9. The third-order valence-corrected chi connectivity index (χ3v) is 5.55. The third kappa shape index (κ3) is 5.89. The summed E-state index contributed by atoms with van der Waals surface area (Å²) in [7, 11) is 0. The first-order chi connectivity index (χ1) is 12.7. The molecule has 0 aliphatic rings. The number of amides is 1.